The van der Waals surface area contributed by atoms with E-state index in [9.17, 15) is 0 Å². The van der Waals surface area contributed by atoms with Crippen LogP contribution in [-0.4, -0.2) is 16.3 Å². The van der Waals surface area contributed by atoms with Gasteiger partial charge in [-0.3, -0.25) is 4.68 Å². The minimum absolute atomic E-state index is 0.717. The number of aromatic nitrogens is 2. The van der Waals surface area contributed by atoms with E-state index in [4.69, 9.17) is 5.73 Å². The molecular formula is C12H17N3. The quantitative estimate of drug-likeness (QED) is 0.829. The number of aryl methyl sites for hydroxylation is 3. The zero-order valence-corrected chi connectivity index (χ0v) is 9.33. The summed E-state index contributed by atoms with van der Waals surface area (Å²) in [5.74, 6) is 0. The third-order valence-electron chi connectivity index (χ3n) is 2.80. The van der Waals surface area contributed by atoms with Crippen molar-refractivity contribution < 1.29 is 0 Å². The molecule has 0 aliphatic carbocycles. The van der Waals surface area contributed by atoms with Gasteiger partial charge in [-0.2, -0.15) is 5.10 Å². The van der Waals surface area contributed by atoms with E-state index in [2.05, 4.69) is 41.8 Å². The molecule has 0 atom stereocenters. The fourth-order valence-electron chi connectivity index (χ4n) is 2.00. The average molecular weight is 203 g/mol. The number of fused-ring (bicyclic) bond motifs is 1. The van der Waals surface area contributed by atoms with Gasteiger partial charge in [-0.1, -0.05) is 12.1 Å². The smallest absolute Gasteiger partial charge is 0.0928 e. The lowest BCUT2D eigenvalue weighted by Crippen LogP contribution is -2.08. The fraction of sp³-hybridized carbons (Fsp3) is 0.417. The molecule has 0 aliphatic heterocycles. The van der Waals surface area contributed by atoms with Crippen LogP contribution in [0.2, 0.25) is 0 Å². The van der Waals surface area contributed by atoms with Gasteiger partial charge >= 0.3 is 0 Å². The summed E-state index contributed by atoms with van der Waals surface area (Å²) < 4.78 is 2.06. The van der Waals surface area contributed by atoms with E-state index < -0.39 is 0 Å². The molecule has 0 saturated carbocycles. The highest BCUT2D eigenvalue weighted by Crippen LogP contribution is 2.21. The molecule has 2 N–H and O–H groups in total. The highest BCUT2D eigenvalue weighted by Gasteiger charge is 2.07. The number of nitrogens with zero attached hydrogens (tertiary/aromatic N) is 2. The second kappa shape index (κ2) is 4.03. The normalized spacial score (nSPS) is 11.1. The highest BCUT2D eigenvalue weighted by atomic mass is 15.3. The Hall–Kier alpha value is -1.35. The molecule has 3 heteroatoms. The van der Waals surface area contributed by atoms with Crippen molar-refractivity contribution in [1.82, 2.24) is 9.78 Å². The van der Waals surface area contributed by atoms with Gasteiger partial charge in [-0.15, -0.1) is 0 Å². The molecule has 1 aromatic carbocycles. The molecule has 0 bridgehead atoms. The first-order valence-corrected chi connectivity index (χ1v) is 5.37. The maximum absolute atomic E-state index is 5.51. The van der Waals surface area contributed by atoms with E-state index in [1.54, 1.807) is 0 Å². The molecule has 0 fully saturated rings. The van der Waals surface area contributed by atoms with Gasteiger partial charge in [0.1, 0.15) is 0 Å². The van der Waals surface area contributed by atoms with Crippen molar-refractivity contribution in [2.75, 3.05) is 6.54 Å². The Balaban J connectivity index is 2.50. The van der Waals surface area contributed by atoms with E-state index in [0.29, 0.717) is 6.54 Å². The van der Waals surface area contributed by atoms with Gasteiger partial charge in [0.25, 0.3) is 0 Å². The van der Waals surface area contributed by atoms with Crippen LogP contribution in [0.15, 0.2) is 18.2 Å². The van der Waals surface area contributed by atoms with Crippen LogP contribution in [0, 0.1) is 13.8 Å². The summed E-state index contributed by atoms with van der Waals surface area (Å²) in [5, 5.41) is 5.86. The number of hydrogen-bond acceptors (Lipinski definition) is 2. The van der Waals surface area contributed by atoms with Crippen LogP contribution >= 0.6 is 0 Å². The Morgan fingerprint density at radius 1 is 1.33 bits per heavy atom. The first-order chi connectivity index (χ1) is 7.24. The summed E-state index contributed by atoms with van der Waals surface area (Å²) in [4.78, 5) is 0. The van der Waals surface area contributed by atoms with Crippen molar-refractivity contribution in [2.45, 2.75) is 26.8 Å². The average Bonchev–Trinajstić information content (AvgIpc) is 2.54. The Labute approximate surface area is 89.9 Å². The standard InChI is InChI=1S/C12H17N3/c1-9-5-3-6-11-12(9)10(2)15(14-11)8-4-7-13/h3,5-6H,4,7-8,13H2,1-2H3. The van der Waals surface area contributed by atoms with E-state index in [0.717, 1.165) is 18.5 Å². The first kappa shape index (κ1) is 10.2. The topological polar surface area (TPSA) is 43.8 Å². The minimum atomic E-state index is 0.717. The molecular weight excluding hydrogens is 186 g/mol. The van der Waals surface area contributed by atoms with Crippen molar-refractivity contribution in [3.63, 3.8) is 0 Å². The van der Waals surface area contributed by atoms with Gasteiger partial charge in [-0.05, 0) is 38.4 Å². The summed E-state index contributed by atoms with van der Waals surface area (Å²) in [6.45, 7) is 5.88. The van der Waals surface area contributed by atoms with Crippen molar-refractivity contribution in [3.8, 4) is 0 Å². The van der Waals surface area contributed by atoms with E-state index in [-0.39, 0.29) is 0 Å². The van der Waals surface area contributed by atoms with Gasteiger partial charge in [0.15, 0.2) is 0 Å². The molecule has 1 aromatic heterocycles. The molecule has 0 amide bonds. The SMILES string of the molecule is Cc1cccc2nn(CCCN)c(C)c12. The number of benzene rings is 1. The van der Waals surface area contributed by atoms with Crippen molar-refractivity contribution in [3.05, 3.63) is 29.5 Å². The van der Waals surface area contributed by atoms with Crippen LogP contribution in [0.3, 0.4) is 0 Å². The third-order valence-corrected chi connectivity index (χ3v) is 2.80. The summed E-state index contributed by atoms with van der Waals surface area (Å²) >= 11 is 0. The van der Waals surface area contributed by atoms with Crippen molar-refractivity contribution in [1.29, 1.82) is 0 Å². The zero-order chi connectivity index (χ0) is 10.8. The largest absolute Gasteiger partial charge is 0.330 e. The predicted molar refractivity (Wildman–Crippen MR) is 62.9 cm³/mol. The van der Waals surface area contributed by atoms with Crippen LogP contribution in [0.5, 0.6) is 0 Å². The van der Waals surface area contributed by atoms with Gasteiger partial charge in [0, 0.05) is 17.6 Å². The summed E-state index contributed by atoms with van der Waals surface area (Å²) in [6.07, 6.45) is 0.980. The van der Waals surface area contributed by atoms with Crippen LogP contribution in [0.4, 0.5) is 0 Å². The minimum Gasteiger partial charge on any atom is -0.330 e. The molecule has 0 radical (unpaired) electrons. The molecule has 15 heavy (non-hydrogen) atoms. The number of nitrogens with two attached hydrogens (primary N) is 1. The van der Waals surface area contributed by atoms with Crippen molar-refractivity contribution in [2.24, 2.45) is 5.73 Å². The summed E-state index contributed by atoms with van der Waals surface area (Å²) in [7, 11) is 0. The van der Waals surface area contributed by atoms with Crippen LogP contribution in [0.25, 0.3) is 10.9 Å². The van der Waals surface area contributed by atoms with Crippen LogP contribution in [0.1, 0.15) is 17.7 Å². The third kappa shape index (κ3) is 1.75. The number of hydrogen-bond donors (Lipinski definition) is 1. The lowest BCUT2D eigenvalue weighted by Gasteiger charge is -2.02. The van der Waals surface area contributed by atoms with Gasteiger partial charge in [0.05, 0.1) is 5.52 Å². The summed E-state index contributed by atoms with van der Waals surface area (Å²) in [5.41, 5.74) is 9.14. The Morgan fingerprint density at radius 2 is 2.13 bits per heavy atom. The molecule has 2 aromatic rings. The monoisotopic (exact) mass is 203 g/mol. The molecule has 2 rings (SSSR count). The molecule has 0 saturated heterocycles. The van der Waals surface area contributed by atoms with Crippen molar-refractivity contribution >= 4 is 10.9 Å². The van der Waals surface area contributed by atoms with E-state index >= 15 is 0 Å². The summed E-state index contributed by atoms with van der Waals surface area (Å²) in [6, 6.07) is 6.25. The molecule has 0 aliphatic rings. The lowest BCUT2D eigenvalue weighted by molar-refractivity contribution is 0.576. The van der Waals surface area contributed by atoms with Gasteiger partial charge < -0.3 is 5.73 Å². The molecule has 0 unspecified atom stereocenters. The Kier molecular flexibility index (Phi) is 2.73. The fourth-order valence-corrected chi connectivity index (χ4v) is 2.00. The van der Waals surface area contributed by atoms with Crippen LogP contribution in [-0.2, 0) is 6.54 Å². The molecule has 80 valence electrons. The Morgan fingerprint density at radius 3 is 2.80 bits per heavy atom. The van der Waals surface area contributed by atoms with E-state index in [1.165, 1.54) is 16.6 Å². The second-order valence-electron chi connectivity index (χ2n) is 3.92. The first-order valence-electron chi connectivity index (χ1n) is 5.37. The predicted octanol–water partition coefficient (Wildman–Crippen LogP) is 2.00. The highest BCUT2D eigenvalue weighted by molar-refractivity contribution is 5.84. The van der Waals surface area contributed by atoms with Gasteiger partial charge in [-0.25, -0.2) is 0 Å². The van der Waals surface area contributed by atoms with E-state index in [1.807, 2.05) is 0 Å². The van der Waals surface area contributed by atoms with Gasteiger partial charge in [0.2, 0.25) is 0 Å². The molecule has 0 spiro atoms. The van der Waals surface area contributed by atoms with Crippen LogP contribution < -0.4 is 5.73 Å². The lowest BCUT2D eigenvalue weighted by atomic mass is 10.1. The zero-order valence-electron chi connectivity index (χ0n) is 9.33. The Bertz CT molecular complexity index is 471. The molecule has 1 heterocycles. The maximum Gasteiger partial charge on any atom is 0.0928 e. The second-order valence-corrected chi connectivity index (χ2v) is 3.92. The number of rotatable bonds is 3. The molecule has 3 nitrogen and oxygen atoms in total. The maximum atomic E-state index is 5.51.